The fraction of sp³-hybridized carbons (Fsp3) is 0.316. The van der Waals surface area contributed by atoms with E-state index in [-0.39, 0.29) is 11.8 Å². The molecule has 0 aliphatic carbocycles. The number of aromatic nitrogens is 2. The van der Waals surface area contributed by atoms with Crippen molar-refractivity contribution in [3.8, 4) is 0 Å². The van der Waals surface area contributed by atoms with Gasteiger partial charge in [-0.25, -0.2) is 4.98 Å². The molecule has 3 N–H and O–H groups in total. The maximum Gasteiger partial charge on any atom is 0.229 e. The Morgan fingerprint density at radius 3 is 2.62 bits per heavy atom. The van der Waals surface area contributed by atoms with Crippen molar-refractivity contribution in [1.29, 1.82) is 0 Å². The zero-order valence-corrected chi connectivity index (χ0v) is 14.6. The molecule has 0 unspecified atom stereocenters. The van der Waals surface area contributed by atoms with Crippen LogP contribution in [0.4, 0.5) is 17.5 Å². The van der Waals surface area contributed by atoms with Gasteiger partial charge in [0.25, 0.3) is 0 Å². The predicted molar refractivity (Wildman–Crippen MR) is 100 cm³/mol. The number of rotatable bonds is 4. The highest BCUT2D eigenvalue weighted by Gasteiger charge is 2.26. The van der Waals surface area contributed by atoms with Crippen molar-refractivity contribution in [3.63, 3.8) is 0 Å². The summed E-state index contributed by atoms with van der Waals surface area (Å²) in [7, 11) is 0. The highest BCUT2D eigenvalue weighted by molar-refractivity contribution is 5.86. The van der Waals surface area contributed by atoms with Gasteiger partial charge in [0.1, 0.15) is 5.52 Å². The summed E-state index contributed by atoms with van der Waals surface area (Å²) in [5.74, 6) is 0.981. The smallest absolute Gasteiger partial charge is 0.229 e. The molecule has 26 heavy (non-hydrogen) atoms. The Kier molecular flexibility index (Phi) is 4.20. The van der Waals surface area contributed by atoms with Crippen molar-refractivity contribution in [3.05, 3.63) is 42.2 Å². The maximum atomic E-state index is 11.4. The Hall–Kier alpha value is -3.09. The van der Waals surface area contributed by atoms with Crippen LogP contribution in [0.1, 0.15) is 18.4 Å². The zero-order chi connectivity index (χ0) is 18.1. The average Bonchev–Trinajstić information content (AvgIpc) is 3.11. The van der Waals surface area contributed by atoms with Crippen molar-refractivity contribution < 1.29 is 9.21 Å². The van der Waals surface area contributed by atoms with Gasteiger partial charge in [-0.05, 0) is 31.9 Å². The number of anilines is 3. The zero-order valence-electron chi connectivity index (χ0n) is 14.6. The molecule has 3 heterocycles. The lowest BCUT2D eigenvalue weighted by Crippen LogP contribution is -2.39. The molecule has 7 nitrogen and oxygen atoms in total. The standard InChI is InChI=1S/C19H21N5O2/c1-12-2-4-14(5-3-12)21-19-22-15-8-11-26-16(15)18(23-19)24-9-6-13(7-10-24)17(20)25/h2-5,8,11,13H,6-7,9-10H2,1H3,(H2,20,25)(H,21,22,23). The van der Waals surface area contributed by atoms with E-state index in [9.17, 15) is 4.79 Å². The lowest BCUT2D eigenvalue weighted by molar-refractivity contribution is -0.122. The van der Waals surface area contributed by atoms with Gasteiger partial charge in [0.05, 0.1) is 6.26 Å². The summed E-state index contributed by atoms with van der Waals surface area (Å²) in [5, 5.41) is 3.25. The van der Waals surface area contributed by atoms with Crippen molar-refractivity contribution >= 4 is 34.5 Å². The molecule has 1 saturated heterocycles. The van der Waals surface area contributed by atoms with Crippen LogP contribution in [0.5, 0.6) is 0 Å². The first-order valence-electron chi connectivity index (χ1n) is 8.73. The van der Waals surface area contributed by atoms with Gasteiger partial charge in [-0.1, -0.05) is 17.7 Å². The van der Waals surface area contributed by atoms with Crippen LogP contribution in [-0.2, 0) is 4.79 Å². The van der Waals surface area contributed by atoms with Crippen LogP contribution in [0.3, 0.4) is 0 Å². The van der Waals surface area contributed by atoms with E-state index in [1.54, 1.807) is 6.26 Å². The Labute approximate surface area is 151 Å². The molecule has 3 aromatic rings. The number of nitrogens with zero attached hydrogens (tertiary/aromatic N) is 3. The van der Waals surface area contributed by atoms with Gasteiger partial charge < -0.3 is 20.4 Å². The van der Waals surface area contributed by atoms with E-state index in [4.69, 9.17) is 10.2 Å². The van der Waals surface area contributed by atoms with E-state index < -0.39 is 0 Å². The van der Waals surface area contributed by atoms with Gasteiger partial charge in [0, 0.05) is 30.8 Å². The summed E-state index contributed by atoms with van der Waals surface area (Å²) in [6.45, 7) is 3.47. The number of carbonyl (C=O) groups is 1. The molecule has 0 radical (unpaired) electrons. The summed E-state index contributed by atoms with van der Waals surface area (Å²) in [6, 6.07) is 9.89. The molecule has 1 amide bonds. The molecule has 134 valence electrons. The Morgan fingerprint density at radius 2 is 1.92 bits per heavy atom. The molecule has 1 fully saturated rings. The fourth-order valence-electron chi connectivity index (χ4n) is 3.26. The van der Waals surface area contributed by atoms with Crippen LogP contribution >= 0.6 is 0 Å². The second kappa shape index (κ2) is 6.67. The number of nitrogens with two attached hydrogens (primary N) is 1. The number of hydrogen-bond acceptors (Lipinski definition) is 6. The van der Waals surface area contributed by atoms with Gasteiger partial charge in [-0.2, -0.15) is 4.98 Å². The van der Waals surface area contributed by atoms with Crippen molar-refractivity contribution in [2.75, 3.05) is 23.3 Å². The maximum absolute atomic E-state index is 11.4. The molecule has 0 spiro atoms. The van der Waals surface area contributed by atoms with E-state index in [0.29, 0.717) is 24.6 Å². The number of amides is 1. The fourth-order valence-corrected chi connectivity index (χ4v) is 3.26. The van der Waals surface area contributed by atoms with Crippen molar-refractivity contribution in [2.45, 2.75) is 19.8 Å². The number of hydrogen-bond donors (Lipinski definition) is 2. The van der Waals surface area contributed by atoms with Gasteiger partial charge in [-0.3, -0.25) is 4.79 Å². The molecule has 4 rings (SSSR count). The summed E-state index contributed by atoms with van der Waals surface area (Å²) < 4.78 is 5.61. The minimum atomic E-state index is -0.225. The van der Waals surface area contributed by atoms with E-state index in [1.807, 2.05) is 37.3 Å². The molecule has 0 atom stereocenters. The van der Waals surface area contributed by atoms with Crippen LogP contribution in [0, 0.1) is 12.8 Å². The lowest BCUT2D eigenvalue weighted by atomic mass is 9.96. The number of furan rings is 1. The van der Waals surface area contributed by atoms with Crippen LogP contribution in [0.15, 0.2) is 41.0 Å². The van der Waals surface area contributed by atoms with Crippen LogP contribution in [0.2, 0.25) is 0 Å². The second-order valence-corrected chi connectivity index (χ2v) is 6.66. The third-order valence-corrected chi connectivity index (χ3v) is 4.79. The van der Waals surface area contributed by atoms with Gasteiger partial charge in [0.15, 0.2) is 11.4 Å². The van der Waals surface area contributed by atoms with Gasteiger partial charge in [-0.15, -0.1) is 0 Å². The summed E-state index contributed by atoms with van der Waals surface area (Å²) in [6.07, 6.45) is 3.07. The summed E-state index contributed by atoms with van der Waals surface area (Å²) in [5.41, 5.74) is 8.97. The predicted octanol–water partition coefficient (Wildman–Crippen LogP) is 2.98. The number of fused-ring (bicyclic) bond motifs is 1. The highest BCUT2D eigenvalue weighted by Crippen LogP contribution is 2.30. The topological polar surface area (TPSA) is 97.3 Å². The third-order valence-electron chi connectivity index (χ3n) is 4.79. The first-order valence-corrected chi connectivity index (χ1v) is 8.73. The normalized spacial score (nSPS) is 15.3. The molecule has 7 heteroatoms. The van der Waals surface area contributed by atoms with Crippen molar-refractivity contribution in [1.82, 2.24) is 9.97 Å². The van der Waals surface area contributed by atoms with Crippen LogP contribution in [-0.4, -0.2) is 29.0 Å². The van der Waals surface area contributed by atoms with Gasteiger partial charge in [0.2, 0.25) is 11.9 Å². The Morgan fingerprint density at radius 1 is 1.19 bits per heavy atom. The minimum absolute atomic E-state index is 0.0645. The lowest BCUT2D eigenvalue weighted by Gasteiger charge is -2.31. The highest BCUT2D eigenvalue weighted by atomic mass is 16.3. The molecule has 1 aliphatic rings. The number of benzene rings is 1. The molecule has 0 saturated carbocycles. The molecular weight excluding hydrogens is 330 g/mol. The molecule has 1 aliphatic heterocycles. The number of aryl methyl sites for hydroxylation is 1. The summed E-state index contributed by atoms with van der Waals surface area (Å²) >= 11 is 0. The SMILES string of the molecule is Cc1ccc(Nc2nc(N3CCC(C(N)=O)CC3)c3occc3n2)cc1. The van der Waals surface area contributed by atoms with E-state index in [1.165, 1.54) is 5.56 Å². The molecule has 1 aromatic carbocycles. The number of piperidine rings is 1. The average molecular weight is 351 g/mol. The minimum Gasteiger partial charge on any atom is -0.459 e. The second-order valence-electron chi connectivity index (χ2n) is 6.66. The summed E-state index contributed by atoms with van der Waals surface area (Å²) in [4.78, 5) is 22.7. The Bertz CT molecular complexity index is 927. The first kappa shape index (κ1) is 16.4. The Balaban J connectivity index is 1.63. The number of carbonyl (C=O) groups excluding carboxylic acids is 1. The molecule has 2 aromatic heterocycles. The van der Waals surface area contributed by atoms with Gasteiger partial charge >= 0.3 is 0 Å². The van der Waals surface area contributed by atoms with E-state index in [0.717, 1.165) is 29.9 Å². The molecular formula is C19H21N5O2. The van der Waals surface area contributed by atoms with E-state index in [2.05, 4.69) is 20.2 Å². The first-order chi connectivity index (χ1) is 12.6. The monoisotopic (exact) mass is 351 g/mol. The number of primary amides is 1. The van der Waals surface area contributed by atoms with Crippen LogP contribution in [0.25, 0.3) is 11.1 Å². The number of nitrogens with one attached hydrogen (secondary N) is 1. The quantitative estimate of drug-likeness (QED) is 0.750. The van der Waals surface area contributed by atoms with Crippen molar-refractivity contribution in [2.24, 2.45) is 11.7 Å². The van der Waals surface area contributed by atoms with E-state index >= 15 is 0 Å². The van der Waals surface area contributed by atoms with Crippen LogP contribution < -0.4 is 16.0 Å². The molecule has 0 bridgehead atoms. The largest absolute Gasteiger partial charge is 0.459 e. The third kappa shape index (κ3) is 3.20.